The lowest BCUT2D eigenvalue weighted by molar-refractivity contribution is 0.0696. The molecular weight excluding hydrogens is 384 g/mol. The van der Waals surface area contributed by atoms with Crippen molar-refractivity contribution in [2.75, 3.05) is 22.1 Å². The van der Waals surface area contributed by atoms with Crippen molar-refractivity contribution in [1.29, 1.82) is 0 Å². The van der Waals surface area contributed by atoms with E-state index in [1.54, 1.807) is 18.3 Å². The van der Waals surface area contributed by atoms with E-state index < -0.39 is 11.9 Å². The summed E-state index contributed by atoms with van der Waals surface area (Å²) in [6, 6.07) is 4.29. The van der Waals surface area contributed by atoms with E-state index in [-0.39, 0.29) is 11.6 Å². The number of anilines is 3. The van der Waals surface area contributed by atoms with Gasteiger partial charge in [0.2, 0.25) is 0 Å². The van der Waals surface area contributed by atoms with Crippen LogP contribution in [-0.2, 0) is 6.42 Å². The Kier molecular flexibility index (Phi) is 4.45. The Morgan fingerprint density at radius 1 is 1.17 bits per heavy atom. The zero-order chi connectivity index (χ0) is 20.8. The molecule has 3 aliphatic heterocycles. The minimum absolute atomic E-state index is 0.196. The summed E-state index contributed by atoms with van der Waals surface area (Å²) in [5, 5.41) is 16.0. The zero-order valence-electron chi connectivity index (χ0n) is 16.5. The molecule has 0 aromatic carbocycles. The van der Waals surface area contributed by atoms with Crippen LogP contribution < -0.4 is 21.3 Å². The molecule has 2 bridgehead atoms. The number of pyridine rings is 2. The number of carboxylic acid groups (broad SMARTS) is 1. The first-order chi connectivity index (χ1) is 14.5. The molecule has 156 valence electrons. The van der Waals surface area contributed by atoms with Crippen LogP contribution in [0.2, 0.25) is 0 Å². The number of hydrogen-bond donors (Lipinski definition) is 4. The van der Waals surface area contributed by atoms with Crippen molar-refractivity contribution in [2.45, 2.75) is 50.2 Å². The van der Waals surface area contributed by atoms with Crippen molar-refractivity contribution in [1.82, 2.24) is 9.97 Å². The standard InChI is InChI=1S/C21H24N6O3/c22-19(28)16-10-25-20-15(5-6-23-20)18(16)26-12-7-13-2-3-14(8-12)27(13)17-4-1-11(9-24-17)21(29)30/h1,4,9-10,12-14H,2-3,5-8H2,(H2,22,28)(H,29,30)(H2,23,25,26)/t12-,13-,14+. The van der Waals surface area contributed by atoms with Crippen LogP contribution in [0.25, 0.3) is 0 Å². The van der Waals surface area contributed by atoms with E-state index in [4.69, 9.17) is 10.8 Å². The lowest BCUT2D eigenvalue weighted by Crippen LogP contribution is -2.47. The summed E-state index contributed by atoms with van der Waals surface area (Å²) in [5.41, 5.74) is 8.11. The molecule has 9 nitrogen and oxygen atoms in total. The summed E-state index contributed by atoms with van der Waals surface area (Å²) in [7, 11) is 0. The number of nitrogens with two attached hydrogens (primary N) is 1. The number of aromatic carboxylic acids is 1. The minimum atomic E-state index is -0.968. The average Bonchev–Trinajstić information content (AvgIpc) is 3.31. The molecule has 0 unspecified atom stereocenters. The molecular formula is C21H24N6O3. The lowest BCUT2D eigenvalue weighted by atomic mass is 9.95. The molecule has 0 saturated carbocycles. The number of nitrogens with one attached hydrogen (secondary N) is 2. The molecule has 0 radical (unpaired) electrons. The number of hydrogen-bond acceptors (Lipinski definition) is 7. The zero-order valence-corrected chi connectivity index (χ0v) is 16.5. The topological polar surface area (TPSA) is 133 Å². The number of fused-ring (bicyclic) bond motifs is 3. The van der Waals surface area contributed by atoms with Crippen LogP contribution >= 0.6 is 0 Å². The number of primary amides is 1. The summed E-state index contributed by atoms with van der Waals surface area (Å²) in [6.45, 7) is 0.806. The molecule has 5 N–H and O–H groups in total. The molecule has 2 fully saturated rings. The van der Waals surface area contributed by atoms with Gasteiger partial charge in [0.15, 0.2) is 0 Å². The van der Waals surface area contributed by atoms with Crippen LogP contribution in [-0.4, -0.2) is 51.6 Å². The molecule has 2 saturated heterocycles. The highest BCUT2D eigenvalue weighted by Gasteiger charge is 2.42. The number of rotatable bonds is 5. The van der Waals surface area contributed by atoms with Crippen molar-refractivity contribution < 1.29 is 14.7 Å². The Hall–Kier alpha value is -3.36. The molecule has 3 atom stereocenters. The van der Waals surface area contributed by atoms with Gasteiger partial charge in [-0.2, -0.15) is 0 Å². The van der Waals surface area contributed by atoms with Crippen LogP contribution in [0.15, 0.2) is 24.5 Å². The van der Waals surface area contributed by atoms with Gasteiger partial charge in [-0.3, -0.25) is 4.79 Å². The molecule has 2 aromatic heterocycles. The fourth-order valence-electron chi connectivity index (χ4n) is 5.14. The predicted octanol–water partition coefficient (Wildman–Crippen LogP) is 1.85. The maximum absolute atomic E-state index is 12.0. The Morgan fingerprint density at radius 2 is 1.93 bits per heavy atom. The molecule has 0 aliphatic carbocycles. The Labute approximate surface area is 173 Å². The van der Waals surface area contributed by atoms with Gasteiger partial charge in [-0.05, 0) is 44.2 Å². The van der Waals surface area contributed by atoms with Gasteiger partial charge in [0.1, 0.15) is 11.6 Å². The summed E-state index contributed by atoms with van der Waals surface area (Å²) in [4.78, 5) is 34.2. The fraction of sp³-hybridized carbons (Fsp3) is 0.429. The monoisotopic (exact) mass is 408 g/mol. The van der Waals surface area contributed by atoms with E-state index in [9.17, 15) is 9.59 Å². The first-order valence-corrected chi connectivity index (χ1v) is 10.3. The Balaban J connectivity index is 1.37. The van der Waals surface area contributed by atoms with Gasteiger partial charge >= 0.3 is 5.97 Å². The molecule has 9 heteroatoms. The number of piperidine rings is 1. The van der Waals surface area contributed by atoms with Crippen molar-refractivity contribution in [3.63, 3.8) is 0 Å². The third-order valence-corrected chi connectivity index (χ3v) is 6.45. The summed E-state index contributed by atoms with van der Waals surface area (Å²) in [6.07, 6.45) is 7.78. The van der Waals surface area contributed by atoms with E-state index in [2.05, 4.69) is 25.5 Å². The molecule has 2 aromatic rings. The minimum Gasteiger partial charge on any atom is -0.478 e. The summed E-state index contributed by atoms with van der Waals surface area (Å²) >= 11 is 0. The Morgan fingerprint density at radius 3 is 2.57 bits per heavy atom. The van der Waals surface area contributed by atoms with E-state index in [1.807, 2.05) is 0 Å². The van der Waals surface area contributed by atoms with E-state index in [1.165, 1.54) is 6.20 Å². The lowest BCUT2D eigenvalue weighted by Gasteiger charge is -2.40. The van der Waals surface area contributed by atoms with Crippen LogP contribution in [0.4, 0.5) is 17.3 Å². The first kappa shape index (κ1) is 18.7. The highest BCUT2D eigenvalue weighted by Crippen LogP contribution is 2.40. The van der Waals surface area contributed by atoms with E-state index >= 15 is 0 Å². The number of nitrogens with zero attached hydrogens (tertiary/aromatic N) is 3. The van der Waals surface area contributed by atoms with Crippen LogP contribution in [0.5, 0.6) is 0 Å². The van der Waals surface area contributed by atoms with Gasteiger partial charge in [0, 0.05) is 42.6 Å². The highest BCUT2D eigenvalue weighted by atomic mass is 16.4. The molecule has 0 spiro atoms. The number of aromatic nitrogens is 2. The molecule has 1 amide bonds. The average molecular weight is 408 g/mol. The quantitative estimate of drug-likeness (QED) is 0.589. The maximum atomic E-state index is 12.0. The first-order valence-electron chi connectivity index (χ1n) is 10.3. The molecule has 30 heavy (non-hydrogen) atoms. The number of amides is 1. The predicted molar refractivity (Wildman–Crippen MR) is 112 cm³/mol. The number of carboxylic acids is 1. The number of carbonyl (C=O) groups excluding carboxylic acids is 1. The normalized spacial score (nSPS) is 24.3. The van der Waals surface area contributed by atoms with E-state index in [0.29, 0.717) is 17.6 Å². The third-order valence-electron chi connectivity index (χ3n) is 6.45. The van der Waals surface area contributed by atoms with Gasteiger partial charge in [0.25, 0.3) is 5.91 Å². The number of carbonyl (C=O) groups is 2. The summed E-state index contributed by atoms with van der Waals surface area (Å²) < 4.78 is 0. The molecule has 3 aliphatic rings. The smallest absolute Gasteiger partial charge is 0.337 e. The second-order valence-corrected chi connectivity index (χ2v) is 8.23. The van der Waals surface area contributed by atoms with Gasteiger partial charge < -0.3 is 26.4 Å². The molecule has 5 heterocycles. The van der Waals surface area contributed by atoms with Crippen molar-refractivity contribution in [3.05, 3.63) is 41.2 Å². The van der Waals surface area contributed by atoms with Gasteiger partial charge in [-0.25, -0.2) is 14.8 Å². The Bertz CT molecular complexity index is 995. The van der Waals surface area contributed by atoms with Crippen molar-refractivity contribution in [3.8, 4) is 0 Å². The molecule has 5 rings (SSSR count). The van der Waals surface area contributed by atoms with E-state index in [0.717, 1.165) is 61.5 Å². The van der Waals surface area contributed by atoms with Crippen LogP contribution in [0, 0.1) is 0 Å². The van der Waals surface area contributed by atoms with Crippen LogP contribution in [0.3, 0.4) is 0 Å². The van der Waals surface area contributed by atoms with Gasteiger partial charge in [0.05, 0.1) is 16.8 Å². The van der Waals surface area contributed by atoms with Crippen molar-refractivity contribution in [2.24, 2.45) is 5.73 Å². The maximum Gasteiger partial charge on any atom is 0.337 e. The fourth-order valence-corrected chi connectivity index (χ4v) is 5.14. The van der Waals surface area contributed by atoms with Crippen LogP contribution in [0.1, 0.15) is 52.0 Å². The van der Waals surface area contributed by atoms with Crippen molar-refractivity contribution >= 4 is 29.2 Å². The third kappa shape index (κ3) is 3.10. The SMILES string of the molecule is NC(=O)c1cnc2c(c1N[C@@H]1C[C@H]3CC[C@@H](C1)N3c1ccc(C(=O)O)cn1)CCN2. The second-order valence-electron chi connectivity index (χ2n) is 8.23. The highest BCUT2D eigenvalue weighted by molar-refractivity contribution is 6.00. The van der Waals surface area contributed by atoms with Gasteiger partial charge in [-0.1, -0.05) is 0 Å². The second kappa shape index (κ2) is 7.16. The summed E-state index contributed by atoms with van der Waals surface area (Å²) in [5.74, 6) is 0.218. The van der Waals surface area contributed by atoms with Gasteiger partial charge in [-0.15, -0.1) is 0 Å². The largest absolute Gasteiger partial charge is 0.478 e.